The third kappa shape index (κ3) is 6.46. The quantitative estimate of drug-likeness (QED) is 0.201. The van der Waals surface area contributed by atoms with Crippen LogP contribution in [0.25, 0.3) is 22.6 Å². The van der Waals surface area contributed by atoms with Crippen molar-refractivity contribution >= 4 is 0 Å². The first-order chi connectivity index (χ1) is 17.6. The van der Waals surface area contributed by atoms with E-state index in [9.17, 15) is 8.78 Å². The average Bonchev–Trinajstić information content (AvgIpc) is 3.24. The Morgan fingerprint density at radius 1 is 0.750 bits per heavy atom. The fourth-order valence-corrected chi connectivity index (χ4v) is 4.61. The molecule has 0 spiro atoms. The van der Waals surface area contributed by atoms with Crippen LogP contribution in [-0.2, 0) is 19.6 Å². The maximum Gasteiger partial charge on any atom is 0.140 e. The van der Waals surface area contributed by atoms with Gasteiger partial charge in [0.25, 0.3) is 0 Å². The Kier molecular flexibility index (Phi) is 9.01. The predicted molar refractivity (Wildman–Crippen MR) is 143 cm³/mol. The topological polar surface area (TPSA) is 21.1 Å². The molecule has 188 valence electrons. The second-order valence-electron chi connectivity index (χ2n) is 9.31. The van der Waals surface area contributed by atoms with Crippen molar-refractivity contribution in [1.82, 2.24) is 14.5 Å². The smallest absolute Gasteiger partial charge is 0.140 e. The molecule has 0 aliphatic rings. The van der Waals surface area contributed by atoms with Gasteiger partial charge in [-0.05, 0) is 37.1 Å². The van der Waals surface area contributed by atoms with Crippen LogP contribution in [-0.4, -0.2) is 21.0 Å². The van der Waals surface area contributed by atoms with Crippen LogP contribution in [0.5, 0.6) is 0 Å². The van der Waals surface area contributed by atoms with Gasteiger partial charge in [0.15, 0.2) is 0 Å². The highest BCUT2D eigenvalue weighted by molar-refractivity contribution is 5.68. The van der Waals surface area contributed by atoms with E-state index in [2.05, 4.69) is 47.6 Å². The van der Waals surface area contributed by atoms with Crippen LogP contribution in [0.4, 0.5) is 8.78 Å². The van der Waals surface area contributed by atoms with E-state index in [4.69, 9.17) is 4.98 Å². The van der Waals surface area contributed by atoms with E-state index in [1.165, 1.54) is 12.1 Å². The van der Waals surface area contributed by atoms with Gasteiger partial charge in [-0.1, -0.05) is 87.4 Å². The molecular weight excluding hydrogens is 452 g/mol. The Labute approximate surface area is 213 Å². The summed E-state index contributed by atoms with van der Waals surface area (Å²) in [4.78, 5) is 7.48. The molecule has 0 saturated heterocycles. The number of hydrogen-bond donors (Lipinski definition) is 0. The minimum absolute atomic E-state index is 0.475. The van der Waals surface area contributed by atoms with Gasteiger partial charge in [-0.15, -0.1) is 0 Å². The summed E-state index contributed by atoms with van der Waals surface area (Å²) in [5.41, 5.74) is 4.92. The molecule has 0 aliphatic heterocycles. The number of imidazole rings is 1. The van der Waals surface area contributed by atoms with Gasteiger partial charge >= 0.3 is 0 Å². The summed E-state index contributed by atoms with van der Waals surface area (Å²) in [5, 5.41) is 0. The zero-order valence-electron chi connectivity index (χ0n) is 21.3. The van der Waals surface area contributed by atoms with Crippen molar-refractivity contribution in [3.8, 4) is 22.6 Å². The molecular formula is C31H35F2N3. The summed E-state index contributed by atoms with van der Waals surface area (Å²) in [6, 6.07) is 24.4. The van der Waals surface area contributed by atoms with E-state index >= 15 is 0 Å². The van der Waals surface area contributed by atoms with E-state index in [0.717, 1.165) is 73.2 Å². The number of nitrogens with zero attached hydrogens (tertiary/aromatic N) is 3. The van der Waals surface area contributed by atoms with Crippen molar-refractivity contribution in [2.24, 2.45) is 0 Å². The van der Waals surface area contributed by atoms with Gasteiger partial charge in [0.05, 0.1) is 11.4 Å². The number of benzene rings is 3. The lowest BCUT2D eigenvalue weighted by Crippen LogP contribution is -2.26. The maximum atomic E-state index is 14.0. The van der Waals surface area contributed by atoms with Gasteiger partial charge in [-0.25, -0.2) is 13.8 Å². The lowest BCUT2D eigenvalue weighted by atomic mass is 10.1. The third-order valence-corrected chi connectivity index (χ3v) is 6.42. The van der Waals surface area contributed by atoms with Crippen LogP contribution < -0.4 is 0 Å². The predicted octanol–water partition coefficient (Wildman–Crippen LogP) is 8.10. The van der Waals surface area contributed by atoms with Gasteiger partial charge < -0.3 is 4.57 Å². The summed E-state index contributed by atoms with van der Waals surface area (Å²) in [7, 11) is 0. The van der Waals surface area contributed by atoms with Gasteiger partial charge in [-0.2, -0.15) is 0 Å². The van der Waals surface area contributed by atoms with Gasteiger partial charge in [0.1, 0.15) is 17.5 Å². The van der Waals surface area contributed by atoms with Gasteiger partial charge in [0.2, 0.25) is 0 Å². The molecule has 5 heteroatoms. The first kappa shape index (κ1) is 25.8. The molecule has 0 fully saturated rings. The van der Waals surface area contributed by atoms with Crippen LogP contribution in [0, 0.1) is 11.6 Å². The minimum Gasteiger partial charge on any atom is -0.326 e. The number of hydrogen-bond acceptors (Lipinski definition) is 2. The van der Waals surface area contributed by atoms with Crippen molar-refractivity contribution in [1.29, 1.82) is 0 Å². The first-order valence-electron chi connectivity index (χ1n) is 13.0. The molecule has 3 aromatic carbocycles. The number of unbranched alkanes of at least 4 members (excludes halogenated alkanes) is 2. The van der Waals surface area contributed by atoms with E-state index in [-0.39, 0.29) is 0 Å². The Morgan fingerprint density at radius 2 is 1.36 bits per heavy atom. The lowest BCUT2D eigenvalue weighted by molar-refractivity contribution is 0.245. The SMILES string of the molecule is CCCCN(Cc1cc(F)cc(F)c1)Cc1c(-c2ccccc2)nc(-c2ccccc2)n1CCCC. The fraction of sp³-hybridized carbons (Fsp3) is 0.323. The molecule has 0 saturated carbocycles. The summed E-state index contributed by atoms with van der Waals surface area (Å²) < 4.78 is 30.3. The maximum absolute atomic E-state index is 14.0. The Morgan fingerprint density at radius 3 is 1.97 bits per heavy atom. The highest BCUT2D eigenvalue weighted by atomic mass is 19.1. The van der Waals surface area contributed by atoms with Crippen molar-refractivity contribution in [2.45, 2.75) is 59.2 Å². The number of aromatic nitrogens is 2. The van der Waals surface area contributed by atoms with Crippen LogP contribution in [0.15, 0.2) is 78.9 Å². The normalized spacial score (nSPS) is 11.4. The Balaban J connectivity index is 1.80. The summed E-state index contributed by atoms with van der Waals surface area (Å²) in [6.45, 7) is 7.18. The van der Waals surface area contributed by atoms with Crippen LogP contribution in [0.1, 0.15) is 50.8 Å². The summed E-state index contributed by atoms with van der Waals surface area (Å²) >= 11 is 0. The van der Waals surface area contributed by atoms with Crippen molar-refractivity contribution in [3.63, 3.8) is 0 Å². The molecule has 0 atom stereocenters. The zero-order chi connectivity index (χ0) is 25.3. The van der Waals surface area contributed by atoms with Crippen molar-refractivity contribution in [3.05, 3.63) is 102 Å². The van der Waals surface area contributed by atoms with E-state index in [1.54, 1.807) is 0 Å². The molecule has 4 aromatic rings. The second-order valence-corrected chi connectivity index (χ2v) is 9.31. The fourth-order valence-electron chi connectivity index (χ4n) is 4.61. The van der Waals surface area contributed by atoms with Gasteiger partial charge in [0, 0.05) is 36.8 Å². The summed E-state index contributed by atoms with van der Waals surface area (Å²) in [6.07, 6.45) is 4.17. The monoisotopic (exact) mass is 487 g/mol. The molecule has 0 radical (unpaired) electrons. The minimum atomic E-state index is -0.537. The molecule has 36 heavy (non-hydrogen) atoms. The molecule has 1 heterocycles. The standard InChI is InChI=1S/C31H35F2N3/c1-3-5-17-35(22-24-19-27(32)21-28(33)20-24)23-29-30(25-13-9-7-10-14-25)34-31(36(29)18-6-4-2)26-15-11-8-12-16-26/h7-16,19-21H,3-6,17-18,22-23H2,1-2H3. The number of rotatable bonds is 12. The molecule has 3 nitrogen and oxygen atoms in total. The van der Waals surface area contributed by atoms with Crippen LogP contribution in [0.3, 0.4) is 0 Å². The average molecular weight is 488 g/mol. The molecule has 0 aliphatic carbocycles. The Hall–Kier alpha value is -3.31. The molecule has 0 amide bonds. The second kappa shape index (κ2) is 12.6. The lowest BCUT2D eigenvalue weighted by Gasteiger charge is -2.24. The van der Waals surface area contributed by atoms with Gasteiger partial charge in [-0.3, -0.25) is 4.90 Å². The van der Waals surface area contributed by atoms with Crippen molar-refractivity contribution in [2.75, 3.05) is 6.54 Å². The highest BCUT2D eigenvalue weighted by Crippen LogP contribution is 2.31. The molecule has 1 aromatic heterocycles. The Bertz CT molecular complexity index is 1220. The zero-order valence-corrected chi connectivity index (χ0v) is 21.3. The molecule has 0 N–H and O–H groups in total. The van der Waals surface area contributed by atoms with Crippen LogP contribution >= 0.6 is 0 Å². The first-order valence-corrected chi connectivity index (χ1v) is 13.0. The van der Waals surface area contributed by atoms with E-state index in [1.807, 2.05) is 36.4 Å². The number of halogens is 2. The van der Waals surface area contributed by atoms with Crippen molar-refractivity contribution < 1.29 is 8.78 Å². The summed E-state index contributed by atoms with van der Waals surface area (Å²) in [5.74, 6) is -0.111. The van der Waals surface area contributed by atoms with E-state index in [0.29, 0.717) is 18.7 Å². The third-order valence-electron chi connectivity index (χ3n) is 6.42. The highest BCUT2D eigenvalue weighted by Gasteiger charge is 2.22. The molecule has 0 unspecified atom stereocenters. The van der Waals surface area contributed by atoms with E-state index < -0.39 is 11.6 Å². The van der Waals surface area contributed by atoms with Crippen LogP contribution in [0.2, 0.25) is 0 Å². The molecule has 0 bridgehead atoms. The molecule has 4 rings (SSSR count). The largest absolute Gasteiger partial charge is 0.326 e.